The Labute approximate surface area is 160 Å². The molecule has 2 aliphatic carbocycles. The van der Waals surface area contributed by atoms with Crippen LogP contribution in [0.5, 0.6) is 0 Å². The first kappa shape index (κ1) is 18.1. The van der Waals surface area contributed by atoms with Crippen molar-refractivity contribution in [2.24, 2.45) is 5.92 Å². The molecule has 27 heavy (non-hydrogen) atoms. The van der Waals surface area contributed by atoms with Crippen LogP contribution in [0.15, 0.2) is 35.1 Å². The maximum atomic E-state index is 12.7. The Morgan fingerprint density at radius 2 is 1.93 bits per heavy atom. The van der Waals surface area contributed by atoms with Crippen LogP contribution in [-0.2, 0) is 12.8 Å². The van der Waals surface area contributed by atoms with E-state index in [1.807, 2.05) is 12.1 Å². The molecule has 1 unspecified atom stereocenters. The molecule has 142 valence electrons. The van der Waals surface area contributed by atoms with Crippen molar-refractivity contribution in [2.45, 2.75) is 70.8 Å². The lowest BCUT2D eigenvalue weighted by atomic mass is 9.83. The molecule has 1 aromatic heterocycles. The minimum atomic E-state index is 0.0229. The first-order valence-electron chi connectivity index (χ1n) is 10.3. The van der Waals surface area contributed by atoms with E-state index in [4.69, 9.17) is 0 Å². The van der Waals surface area contributed by atoms with Crippen molar-refractivity contribution in [1.82, 2.24) is 9.78 Å². The average molecular weight is 364 g/mol. The second-order valence-corrected chi connectivity index (χ2v) is 8.50. The van der Waals surface area contributed by atoms with E-state index >= 15 is 0 Å². The maximum Gasteiger partial charge on any atom is 0.267 e. The fourth-order valence-corrected chi connectivity index (χ4v) is 4.18. The van der Waals surface area contributed by atoms with Crippen molar-refractivity contribution in [3.05, 3.63) is 63.1 Å². The highest BCUT2D eigenvalue weighted by molar-refractivity contribution is 5.96. The Hall–Kier alpha value is -2.23. The van der Waals surface area contributed by atoms with Gasteiger partial charge in [0.1, 0.15) is 0 Å². The Kier molecular flexibility index (Phi) is 4.98. The van der Waals surface area contributed by atoms with E-state index in [-0.39, 0.29) is 11.3 Å². The zero-order valence-electron chi connectivity index (χ0n) is 16.3. The van der Waals surface area contributed by atoms with Crippen LogP contribution in [0.3, 0.4) is 0 Å². The van der Waals surface area contributed by atoms with Gasteiger partial charge in [0.25, 0.3) is 5.56 Å². The fraction of sp³-hybridized carbons (Fsp3) is 0.522. The van der Waals surface area contributed by atoms with Gasteiger partial charge in [0.2, 0.25) is 0 Å². The number of ketones is 1. The van der Waals surface area contributed by atoms with Crippen molar-refractivity contribution < 1.29 is 4.79 Å². The Morgan fingerprint density at radius 3 is 2.56 bits per heavy atom. The van der Waals surface area contributed by atoms with Gasteiger partial charge in [-0.3, -0.25) is 9.59 Å². The first-order chi connectivity index (χ1) is 13.0. The number of hydrogen-bond donors (Lipinski definition) is 0. The Bertz CT molecular complexity index is 892. The predicted molar refractivity (Wildman–Crippen MR) is 106 cm³/mol. The van der Waals surface area contributed by atoms with Gasteiger partial charge in [0.05, 0.1) is 11.7 Å². The van der Waals surface area contributed by atoms with Gasteiger partial charge >= 0.3 is 0 Å². The van der Waals surface area contributed by atoms with Crippen molar-refractivity contribution in [1.29, 1.82) is 0 Å². The maximum absolute atomic E-state index is 12.7. The first-order valence-corrected chi connectivity index (χ1v) is 10.3. The van der Waals surface area contributed by atoms with Crippen LogP contribution in [0.2, 0.25) is 0 Å². The minimum Gasteiger partial charge on any atom is -0.294 e. The van der Waals surface area contributed by atoms with Crippen molar-refractivity contribution in [3.63, 3.8) is 0 Å². The minimum absolute atomic E-state index is 0.0229. The summed E-state index contributed by atoms with van der Waals surface area (Å²) in [6, 6.07) is 10.1. The molecule has 1 heterocycles. The van der Waals surface area contributed by atoms with E-state index in [2.05, 4.69) is 31.1 Å². The third-order valence-corrected chi connectivity index (χ3v) is 6.21. The average Bonchev–Trinajstić information content (AvgIpc) is 2.61. The summed E-state index contributed by atoms with van der Waals surface area (Å²) < 4.78 is 1.70. The molecule has 0 saturated heterocycles. The number of carbonyl (C=O) groups excluding carboxylic acids is 1. The Balaban J connectivity index is 1.44. The number of benzene rings is 1. The highest BCUT2D eigenvalue weighted by Crippen LogP contribution is 2.31. The number of carbonyl (C=O) groups is 1. The largest absolute Gasteiger partial charge is 0.294 e. The lowest BCUT2D eigenvalue weighted by Gasteiger charge is -2.29. The zero-order valence-corrected chi connectivity index (χ0v) is 16.3. The highest BCUT2D eigenvalue weighted by atomic mass is 16.1. The molecule has 0 radical (unpaired) electrons. The van der Waals surface area contributed by atoms with Crippen LogP contribution in [0.25, 0.3) is 0 Å². The highest BCUT2D eigenvalue weighted by Gasteiger charge is 2.26. The monoisotopic (exact) mass is 364 g/mol. The number of rotatable bonds is 5. The smallest absolute Gasteiger partial charge is 0.267 e. The van der Waals surface area contributed by atoms with Crippen molar-refractivity contribution in [2.75, 3.05) is 0 Å². The van der Waals surface area contributed by atoms with E-state index in [1.54, 1.807) is 10.7 Å². The molecule has 2 aliphatic rings. The standard InChI is InChI=1S/C23H28N2O2/c1-15(2)17-7-9-18(10-8-17)22(26)13-16-6-11-21-19(12-16)14-23(27)25(24-21)20-4-3-5-20/h7-10,14-16,20H,3-6,11-13H2,1-2H3. The molecule has 0 N–H and O–H groups in total. The van der Waals surface area contributed by atoms with Crippen molar-refractivity contribution >= 4 is 5.78 Å². The van der Waals surface area contributed by atoms with E-state index < -0.39 is 0 Å². The molecule has 2 aromatic rings. The summed E-state index contributed by atoms with van der Waals surface area (Å²) in [4.78, 5) is 25.1. The SMILES string of the molecule is CC(C)c1ccc(C(=O)CC2CCc3nn(C4CCC4)c(=O)cc3C2)cc1. The van der Waals surface area contributed by atoms with Crippen LogP contribution < -0.4 is 5.56 Å². The van der Waals surface area contributed by atoms with Crippen LogP contribution in [0.1, 0.15) is 85.1 Å². The summed E-state index contributed by atoms with van der Waals surface area (Å²) >= 11 is 0. The third kappa shape index (κ3) is 3.76. The van der Waals surface area contributed by atoms with Gasteiger partial charge in [-0.2, -0.15) is 5.10 Å². The predicted octanol–water partition coefficient (Wildman–Crippen LogP) is 4.47. The van der Waals surface area contributed by atoms with E-state index in [0.29, 0.717) is 24.3 Å². The summed E-state index contributed by atoms with van der Waals surface area (Å²) in [7, 11) is 0. The number of aromatic nitrogens is 2. The van der Waals surface area contributed by atoms with Gasteiger partial charge in [-0.25, -0.2) is 4.68 Å². The molecule has 1 fully saturated rings. The second-order valence-electron chi connectivity index (χ2n) is 8.50. The molecular formula is C23H28N2O2. The third-order valence-electron chi connectivity index (χ3n) is 6.21. The summed E-state index contributed by atoms with van der Waals surface area (Å²) in [5.74, 6) is 0.977. The Morgan fingerprint density at radius 1 is 1.19 bits per heavy atom. The molecule has 1 atom stereocenters. The summed E-state index contributed by atoms with van der Waals surface area (Å²) in [6.45, 7) is 4.31. The van der Waals surface area contributed by atoms with Crippen LogP contribution in [-0.4, -0.2) is 15.6 Å². The van der Waals surface area contributed by atoms with E-state index in [0.717, 1.165) is 48.9 Å². The number of Topliss-reactive ketones (excluding diaryl/α,β-unsaturated/α-hetero) is 1. The van der Waals surface area contributed by atoms with Gasteiger partial charge in [-0.1, -0.05) is 38.1 Å². The van der Waals surface area contributed by atoms with Crippen LogP contribution in [0.4, 0.5) is 0 Å². The van der Waals surface area contributed by atoms with Crippen molar-refractivity contribution in [3.8, 4) is 0 Å². The van der Waals surface area contributed by atoms with Crippen LogP contribution in [0, 0.1) is 5.92 Å². The molecule has 4 heteroatoms. The molecule has 4 rings (SSSR count). The van der Waals surface area contributed by atoms with E-state index in [1.165, 1.54) is 12.0 Å². The van der Waals surface area contributed by atoms with Crippen LogP contribution >= 0.6 is 0 Å². The summed E-state index contributed by atoms with van der Waals surface area (Å²) in [6.07, 6.45) is 6.51. The number of nitrogens with zero attached hydrogens (tertiary/aromatic N) is 2. The summed E-state index contributed by atoms with van der Waals surface area (Å²) in [5, 5.41) is 4.65. The number of hydrogen-bond acceptors (Lipinski definition) is 3. The summed E-state index contributed by atoms with van der Waals surface area (Å²) in [5.41, 5.74) is 4.19. The molecule has 4 nitrogen and oxygen atoms in total. The quantitative estimate of drug-likeness (QED) is 0.736. The molecule has 0 bridgehead atoms. The van der Waals surface area contributed by atoms with Gasteiger partial charge in [0.15, 0.2) is 5.78 Å². The molecule has 0 aliphatic heterocycles. The van der Waals surface area contributed by atoms with E-state index in [9.17, 15) is 9.59 Å². The molecule has 1 saturated carbocycles. The molecule has 0 spiro atoms. The molecular weight excluding hydrogens is 336 g/mol. The van der Waals surface area contributed by atoms with Gasteiger partial charge < -0.3 is 0 Å². The van der Waals surface area contributed by atoms with Gasteiger partial charge in [0, 0.05) is 18.1 Å². The van der Waals surface area contributed by atoms with Gasteiger partial charge in [-0.05, 0) is 61.5 Å². The normalized spacial score (nSPS) is 19.6. The molecule has 1 aromatic carbocycles. The number of aryl methyl sites for hydroxylation is 1. The number of fused-ring (bicyclic) bond motifs is 1. The zero-order chi connectivity index (χ0) is 19.0. The molecule has 0 amide bonds. The fourth-order valence-electron chi connectivity index (χ4n) is 4.18. The topological polar surface area (TPSA) is 52.0 Å². The van der Waals surface area contributed by atoms with Gasteiger partial charge in [-0.15, -0.1) is 0 Å². The second kappa shape index (κ2) is 7.41. The lowest BCUT2D eigenvalue weighted by molar-refractivity contribution is 0.0957. The lowest BCUT2D eigenvalue weighted by Crippen LogP contribution is -2.33.